The minimum Gasteiger partial charge on any atom is -0.465 e. The van der Waals surface area contributed by atoms with Crippen LogP contribution in [0.1, 0.15) is 19.4 Å². The minimum atomic E-state index is -0.994. The monoisotopic (exact) mass is 298 g/mol. The lowest BCUT2D eigenvalue weighted by molar-refractivity contribution is 0.194. The molecule has 0 aliphatic carbocycles. The summed E-state index contributed by atoms with van der Waals surface area (Å²) in [4.78, 5) is 10.4. The van der Waals surface area contributed by atoms with Crippen LogP contribution in [0.5, 0.6) is 0 Å². The zero-order valence-corrected chi connectivity index (χ0v) is 13.0. The second-order valence-corrected chi connectivity index (χ2v) is 5.73. The summed E-state index contributed by atoms with van der Waals surface area (Å²) in [5.74, 6) is 0. The molecule has 0 spiro atoms. The van der Waals surface area contributed by atoms with E-state index >= 15 is 0 Å². The number of rotatable bonds is 6. The summed E-state index contributed by atoms with van der Waals surface area (Å²) in [6.45, 7) is 5.15. The van der Waals surface area contributed by atoms with Crippen molar-refractivity contribution in [1.29, 1.82) is 0 Å². The fourth-order valence-electron chi connectivity index (χ4n) is 2.36. The Kier molecular flexibility index (Phi) is 5.17. The molecular formula is C18H22N2O2. The number of hydrogen-bond donors (Lipinski definition) is 3. The summed E-state index contributed by atoms with van der Waals surface area (Å²) in [6, 6.07) is 18.7. The molecule has 116 valence electrons. The topological polar surface area (TPSA) is 61.4 Å². The molecule has 0 bridgehead atoms. The molecule has 2 rings (SSSR count). The first-order valence-corrected chi connectivity index (χ1v) is 7.37. The zero-order valence-electron chi connectivity index (χ0n) is 13.0. The molecule has 0 radical (unpaired) electrons. The third kappa shape index (κ3) is 4.33. The highest BCUT2D eigenvalue weighted by atomic mass is 16.4. The molecule has 2 aromatic rings. The van der Waals surface area contributed by atoms with Crippen molar-refractivity contribution in [3.63, 3.8) is 0 Å². The van der Waals surface area contributed by atoms with E-state index in [1.54, 1.807) is 0 Å². The van der Waals surface area contributed by atoms with Gasteiger partial charge in [0.2, 0.25) is 0 Å². The summed E-state index contributed by atoms with van der Waals surface area (Å²) in [5.41, 5.74) is 3.34. The van der Waals surface area contributed by atoms with Crippen molar-refractivity contribution >= 4 is 6.09 Å². The van der Waals surface area contributed by atoms with E-state index < -0.39 is 6.09 Å². The highest BCUT2D eigenvalue weighted by Crippen LogP contribution is 2.24. The van der Waals surface area contributed by atoms with Crippen LogP contribution in [0, 0.1) is 0 Å². The van der Waals surface area contributed by atoms with Gasteiger partial charge in [-0.15, -0.1) is 0 Å². The quantitative estimate of drug-likeness (QED) is 0.716. The first kappa shape index (κ1) is 16.0. The van der Waals surface area contributed by atoms with Gasteiger partial charge in [-0.25, -0.2) is 4.79 Å². The smallest absolute Gasteiger partial charge is 0.404 e. The fourth-order valence-corrected chi connectivity index (χ4v) is 2.36. The van der Waals surface area contributed by atoms with E-state index in [-0.39, 0.29) is 5.54 Å². The van der Waals surface area contributed by atoms with Gasteiger partial charge in [0.05, 0.1) is 0 Å². The van der Waals surface area contributed by atoms with Crippen LogP contribution in [0.15, 0.2) is 54.6 Å². The van der Waals surface area contributed by atoms with Gasteiger partial charge in [-0.2, -0.15) is 0 Å². The molecule has 3 N–H and O–H groups in total. The van der Waals surface area contributed by atoms with Crippen molar-refractivity contribution in [3.05, 3.63) is 60.2 Å². The molecule has 1 amide bonds. The van der Waals surface area contributed by atoms with E-state index in [0.717, 1.165) is 0 Å². The Bertz CT molecular complexity index is 607. The Morgan fingerprint density at radius 2 is 1.55 bits per heavy atom. The highest BCUT2D eigenvalue weighted by molar-refractivity contribution is 5.64. The lowest BCUT2D eigenvalue weighted by Crippen LogP contribution is -2.41. The van der Waals surface area contributed by atoms with Crippen LogP contribution >= 0.6 is 0 Å². The van der Waals surface area contributed by atoms with Crippen LogP contribution in [-0.2, 0) is 5.54 Å². The molecular weight excluding hydrogens is 276 g/mol. The number of amides is 1. The standard InChI is InChI=1S/C18H22N2O2/c1-18(2,20-13-12-19-17(21)22)16-10-8-15(9-11-16)14-6-4-3-5-7-14/h3-11,19-20H,12-13H2,1-2H3,(H,21,22). The first-order valence-electron chi connectivity index (χ1n) is 7.37. The van der Waals surface area contributed by atoms with E-state index in [2.05, 4.69) is 60.9 Å². The van der Waals surface area contributed by atoms with E-state index in [4.69, 9.17) is 5.11 Å². The lowest BCUT2D eigenvalue weighted by Gasteiger charge is -2.27. The van der Waals surface area contributed by atoms with Gasteiger partial charge in [-0.05, 0) is 30.5 Å². The molecule has 0 aliphatic rings. The summed E-state index contributed by atoms with van der Waals surface area (Å²) in [5, 5.41) is 14.3. The largest absolute Gasteiger partial charge is 0.465 e. The minimum absolute atomic E-state index is 0.213. The van der Waals surface area contributed by atoms with Gasteiger partial charge in [-0.3, -0.25) is 0 Å². The summed E-state index contributed by atoms with van der Waals surface area (Å²) in [7, 11) is 0. The van der Waals surface area contributed by atoms with E-state index in [9.17, 15) is 4.79 Å². The molecule has 0 saturated heterocycles. The number of hydrogen-bond acceptors (Lipinski definition) is 2. The molecule has 0 aliphatic heterocycles. The van der Waals surface area contributed by atoms with Crippen molar-refractivity contribution in [2.75, 3.05) is 13.1 Å². The second-order valence-electron chi connectivity index (χ2n) is 5.73. The summed E-state index contributed by atoms with van der Waals surface area (Å²) in [6.07, 6.45) is -0.994. The molecule has 4 nitrogen and oxygen atoms in total. The van der Waals surface area contributed by atoms with Gasteiger partial charge < -0.3 is 15.7 Å². The molecule has 0 atom stereocenters. The summed E-state index contributed by atoms with van der Waals surface area (Å²) >= 11 is 0. The Morgan fingerprint density at radius 3 is 2.14 bits per heavy atom. The predicted octanol–water partition coefficient (Wildman–Crippen LogP) is 3.45. The van der Waals surface area contributed by atoms with E-state index in [1.807, 2.05) is 18.2 Å². The maximum atomic E-state index is 10.4. The van der Waals surface area contributed by atoms with Crippen LogP contribution in [0.4, 0.5) is 4.79 Å². The maximum Gasteiger partial charge on any atom is 0.404 e. The second kappa shape index (κ2) is 7.09. The summed E-state index contributed by atoms with van der Waals surface area (Å²) < 4.78 is 0. The molecule has 0 unspecified atom stereocenters. The molecule has 0 heterocycles. The van der Waals surface area contributed by atoms with Gasteiger partial charge in [0.15, 0.2) is 0 Å². The number of nitrogens with one attached hydrogen (secondary N) is 2. The van der Waals surface area contributed by atoms with Gasteiger partial charge in [-0.1, -0.05) is 54.6 Å². The lowest BCUT2D eigenvalue weighted by atomic mass is 9.92. The van der Waals surface area contributed by atoms with Gasteiger partial charge in [0.25, 0.3) is 0 Å². The molecule has 4 heteroatoms. The zero-order chi connectivity index (χ0) is 16.0. The van der Waals surface area contributed by atoms with Crippen LogP contribution in [0.3, 0.4) is 0 Å². The Hall–Kier alpha value is -2.33. The van der Waals surface area contributed by atoms with Gasteiger partial charge in [0.1, 0.15) is 0 Å². The normalized spacial score (nSPS) is 11.2. The van der Waals surface area contributed by atoms with E-state index in [1.165, 1.54) is 16.7 Å². The molecule has 22 heavy (non-hydrogen) atoms. The SMILES string of the molecule is CC(C)(NCCNC(=O)O)c1ccc(-c2ccccc2)cc1. The van der Waals surface area contributed by atoms with Gasteiger partial charge >= 0.3 is 6.09 Å². The fraction of sp³-hybridized carbons (Fsp3) is 0.278. The average Bonchev–Trinajstić information content (AvgIpc) is 2.52. The first-order chi connectivity index (χ1) is 10.5. The third-order valence-electron chi connectivity index (χ3n) is 3.68. The predicted molar refractivity (Wildman–Crippen MR) is 88.9 cm³/mol. The van der Waals surface area contributed by atoms with Crippen molar-refractivity contribution < 1.29 is 9.90 Å². The number of benzene rings is 2. The van der Waals surface area contributed by atoms with Crippen molar-refractivity contribution in [1.82, 2.24) is 10.6 Å². The van der Waals surface area contributed by atoms with Crippen LogP contribution in [-0.4, -0.2) is 24.3 Å². The molecule has 0 saturated carbocycles. The number of carbonyl (C=O) groups is 1. The van der Waals surface area contributed by atoms with Crippen LogP contribution in [0.25, 0.3) is 11.1 Å². The third-order valence-corrected chi connectivity index (χ3v) is 3.68. The number of carboxylic acid groups (broad SMARTS) is 1. The molecule has 0 aromatic heterocycles. The van der Waals surface area contributed by atoms with E-state index in [0.29, 0.717) is 13.1 Å². The average molecular weight is 298 g/mol. The molecule has 0 fully saturated rings. The molecule has 2 aromatic carbocycles. The Balaban J connectivity index is 2.01. The Labute approximate surface area is 131 Å². The van der Waals surface area contributed by atoms with Crippen LogP contribution in [0.2, 0.25) is 0 Å². The highest BCUT2D eigenvalue weighted by Gasteiger charge is 2.19. The van der Waals surface area contributed by atoms with Gasteiger partial charge in [0, 0.05) is 18.6 Å². The van der Waals surface area contributed by atoms with Crippen molar-refractivity contribution in [3.8, 4) is 11.1 Å². The Morgan fingerprint density at radius 1 is 0.955 bits per heavy atom. The van der Waals surface area contributed by atoms with Crippen molar-refractivity contribution in [2.45, 2.75) is 19.4 Å². The van der Waals surface area contributed by atoms with Crippen molar-refractivity contribution in [2.24, 2.45) is 0 Å². The maximum absolute atomic E-state index is 10.4. The van der Waals surface area contributed by atoms with Crippen LogP contribution < -0.4 is 10.6 Å².